The highest BCUT2D eigenvalue weighted by Gasteiger charge is 2.29. The molecule has 2 aromatic carbocycles. The molecule has 0 N–H and O–H groups in total. The molecule has 3 heterocycles. The van der Waals surface area contributed by atoms with Crippen LogP contribution in [0, 0.1) is 6.92 Å². The number of benzene rings is 2. The number of hydrogen-bond acceptors (Lipinski definition) is 6. The topological polar surface area (TPSA) is 76.8 Å². The molecule has 1 aliphatic heterocycles. The number of thioether (sulfide) groups is 1. The second kappa shape index (κ2) is 8.92. The molecular weight excluding hydrogens is 420 g/mol. The molecule has 0 bridgehead atoms. The van der Waals surface area contributed by atoms with Crippen LogP contribution in [0.1, 0.15) is 33.7 Å². The monoisotopic (exact) mass is 442 g/mol. The quantitative estimate of drug-likeness (QED) is 0.340. The van der Waals surface area contributed by atoms with Crippen molar-refractivity contribution >= 4 is 23.4 Å². The van der Waals surface area contributed by atoms with Crippen molar-refractivity contribution in [1.82, 2.24) is 25.0 Å². The lowest BCUT2D eigenvalue weighted by molar-refractivity contribution is 0.0979. The lowest BCUT2D eigenvalue weighted by atomic mass is 10.0. The molecule has 5 rings (SSSR count). The molecule has 0 aliphatic carbocycles. The van der Waals surface area contributed by atoms with Crippen molar-refractivity contribution in [3.63, 3.8) is 0 Å². The van der Waals surface area contributed by atoms with Gasteiger partial charge in [-0.1, -0.05) is 52.9 Å². The first-order valence-electron chi connectivity index (χ1n) is 10.5. The van der Waals surface area contributed by atoms with E-state index in [0.717, 1.165) is 35.5 Å². The molecule has 0 radical (unpaired) electrons. The van der Waals surface area contributed by atoms with Gasteiger partial charge in [0.15, 0.2) is 10.9 Å². The summed E-state index contributed by atoms with van der Waals surface area (Å²) in [6.45, 7) is 2.71. The molecule has 0 unspecified atom stereocenters. The molecular formula is C24H22N6OS. The molecule has 0 fully saturated rings. The molecule has 0 saturated carbocycles. The first kappa shape index (κ1) is 20.4. The van der Waals surface area contributed by atoms with E-state index in [9.17, 15) is 4.79 Å². The van der Waals surface area contributed by atoms with Crippen molar-refractivity contribution < 1.29 is 4.79 Å². The molecule has 8 heteroatoms. The van der Waals surface area contributed by atoms with Gasteiger partial charge in [0.2, 0.25) is 0 Å². The van der Waals surface area contributed by atoms with E-state index in [1.54, 1.807) is 23.1 Å². The van der Waals surface area contributed by atoms with Gasteiger partial charge in [0.25, 0.3) is 5.91 Å². The lowest BCUT2D eigenvalue weighted by Gasteiger charge is -2.29. The maximum atomic E-state index is 13.7. The van der Waals surface area contributed by atoms with Crippen molar-refractivity contribution in [3.8, 4) is 5.69 Å². The van der Waals surface area contributed by atoms with Crippen LogP contribution in [0.4, 0.5) is 5.69 Å². The molecule has 0 saturated heterocycles. The van der Waals surface area contributed by atoms with Gasteiger partial charge in [-0.2, -0.15) is 0 Å². The van der Waals surface area contributed by atoms with Crippen molar-refractivity contribution in [2.24, 2.45) is 0 Å². The molecule has 1 aliphatic rings. The van der Waals surface area contributed by atoms with E-state index in [4.69, 9.17) is 0 Å². The number of para-hydroxylation sites is 1. The van der Waals surface area contributed by atoms with Gasteiger partial charge in [0.05, 0.1) is 11.4 Å². The number of carbonyl (C=O) groups is 1. The molecule has 7 nitrogen and oxygen atoms in total. The molecule has 160 valence electrons. The van der Waals surface area contributed by atoms with Gasteiger partial charge >= 0.3 is 0 Å². The Kier molecular flexibility index (Phi) is 5.68. The smallest absolute Gasteiger partial charge is 0.280 e. The van der Waals surface area contributed by atoms with Gasteiger partial charge in [-0.15, -0.1) is 5.10 Å². The first-order chi connectivity index (χ1) is 15.7. The Morgan fingerprint density at radius 3 is 2.62 bits per heavy atom. The number of amides is 1. The van der Waals surface area contributed by atoms with Crippen molar-refractivity contribution in [3.05, 3.63) is 89.5 Å². The maximum Gasteiger partial charge on any atom is 0.280 e. The second-order valence-corrected chi connectivity index (χ2v) is 8.58. The van der Waals surface area contributed by atoms with Crippen LogP contribution in [0.5, 0.6) is 0 Å². The summed E-state index contributed by atoms with van der Waals surface area (Å²) in [7, 11) is 0. The summed E-state index contributed by atoms with van der Waals surface area (Å²) in [6, 6.07) is 17.9. The second-order valence-electron chi connectivity index (χ2n) is 7.64. The highest BCUT2D eigenvalue weighted by Crippen LogP contribution is 2.30. The average Bonchev–Trinajstić information content (AvgIpc) is 3.27. The summed E-state index contributed by atoms with van der Waals surface area (Å²) in [5.74, 6) is 0.349. The van der Waals surface area contributed by atoms with Crippen LogP contribution in [0.2, 0.25) is 0 Å². The van der Waals surface area contributed by atoms with Crippen LogP contribution in [0.25, 0.3) is 5.69 Å². The predicted octanol–water partition coefficient (Wildman–Crippen LogP) is 4.25. The summed E-state index contributed by atoms with van der Waals surface area (Å²) >= 11 is 1.46. The highest BCUT2D eigenvalue weighted by atomic mass is 32.2. The Labute approximate surface area is 190 Å². The van der Waals surface area contributed by atoms with Crippen LogP contribution in [-0.2, 0) is 12.2 Å². The summed E-state index contributed by atoms with van der Waals surface area (Å²) < 4.78 is 1.75. The largest absolute Gasteiger partial charge is 0.307 e. The zero-order valence-electron chi connectivity index (χ0n) is 17.7. The van der Waals surface area contributed by atoms with Crippen LogP contribution < -0.4 is 4.90 Å². The van der Waals surface area contributed by atoms with E-state index in [0.29, 0.717) is 23.1 Å². The first-order valence-corrected chi connectivity index (χ1v) is 11.5. The van der Waals surface area contributed by atoms with E-state index < -0.39 is 0 Å². The Bertz CT molecular complexity index is 1240. The lowest BCUT2D eigenvalue weighted by Crippen LogP contribution is -2.36. The minimum absolute atomic E-state index is 0.125. The van der Waals surface area contributed by atoms with Gasteiger partial charge in [-0.05, 0) is 49.6 Å². The number of rotatable bonds is 5. The average molecular weight is 443 g/mol. The normalized spacial score (nSPS) is 13.1. The standard InChI is InChI=1S/C24H22N6OS/c1-17-9-11-19(12-10-17)30-21(16-32-24-25-13-5-14-26-24)22(27-28-30)23(31)29-15-4-7-18-6-2-3-8-20(18)29/h2-3,5-6,8-14H,4,7,15-16H2,1H3. The van der Waals surface area contributed by atoms with Crippen molar-refractivity contribution in [2.45, 2.75) is 30.7 Å². The minimum atomic E-state index is -0.125. The van der Waals surface area contributed by atoms with Crippen molar-refractivity contribution in [2.75, 3.05) is 11.4 Å². The van der Waals surface area contributed by atoms with Gasteiger partial charge in [0, 0.05) is 30.4 Å². The van der Waals surface area contributed by atoms with Gasteiger partial charge in [0.1, 0.15) is 0 Å². The van der Waals surface area contributed by atoms with E-state index in [-0.39, 0.29) is 5.91 Å². The van der Waals surface area contributed by atoms with E-state index in [1.165, 1.54) is 17.3 Å². The molecule has 32 heavy (non-hydrogen) atoms. The number of aromatic nitrogens is 5. The molecule has 2 aromatic heterocycles. The predicted molar refractivity (Wildman–Crippen MR) is 124 cm³/mol. The number of carbonyl (C=O) groups excluding carboxylic acids is 1. The number of hydrogen-bond donors (Lipinski definition) is 0. The Hall–Kier alpha value is -3.52. The van der Waals surface area contributed by atoms with Crippen LogP contribution in [0.15, 0.2) is 72.1 Å². The SMILES string of the molecule is Cc1ccc(-n2nnc(C(=O)N3CCCc4ccccc43)c2CSc2ncccn2)cc1. The van der Waals surface area contributed by atoms with Gasteiger partial charge in [-0.25, -0.2) is 14.6 Å². The zero-order valence-corrected chi connectivity index (χ0v) is 18.5. The van der Waals surface area contributed by atoms with Gasteiger partial charge < -0.3 is 4.90 Å². The Balaban J connectivity index is 1.53. The summed E-state index contributed by atoms with van der Waals surface area (Å²) in [6.07, 6.45) is 5.32. The van der Waals surface area contributed by atoms with Crippen LogP contribution >= 0.6 is 11.8 Å². The molecule has 0 atom stereocenters. The maximum absolute atomic E-state index is 13.7. The summed E-state index contributed by atoms with van der Waals surface area (Å²) in [4.78, 5) is 24.1. The third-order valence-corrected chi connectivity index (χ3v) is 6.37. The fourth-order valence-corrected chi connectivity index (χ4v) is 4.65. The van der Waals surface area contributed by atoms with Crippen LogP contribution in [-0.4, -0.2) is 37.4 Å². The van der Waals surface area contributed by atoms with E-state index in [2.05, 4.69) is 26.3 Å². The highest BCUT2D eigenvalue weighted by molar-refractivity contribution is 7.98. The Morgan fingerprint density at radius 1 is 1.03 bits per heavy atom. The summed E-state index contributed by atoms with van der Waals surface area (Å²) in [5, 5.41) is 9.35. The number of aryl methyl sites for hydroxylation is 2. The molecule has 1 amide bonds. The minimum Gasteiger partial charge on any atom is -0.307 e. The zero-order chi connectivity index (χ0) is 21.9. The summed E-state index contributed by atoms with van der Waals surface area (Å²) in [5.41, 5.74) is 5.27. The van der Waals surface area contributed by atoms with Crippen LogP contribution in [0.3, 0.4) is 0 Å². The fourth-order valence-electron chi connectivity index (χ4n) is 3.86. The third kappa shape index (κ3) is 4.01. The van der Waals surface area contributed by atoms with E-state index >= 15 is 0 Å². The van der Waals surface area contributed by atoms with Gasteiger partial charge in [-0.3, -0.25) is 4.79 Å². The fraction of sp³-hybridized carbons (Fsp3) is 0.208. The third-order valence-electron chi connectivity index (χ3n) is 5.48. The van der Waals surface area contributed by atoms with Crippen molar-refractivity contribution in [1.29, 1.82) is 0 Å². The Morgan fingerprint density at radius 2 is 1.81 bits per heavy atom. The number of fused-ring (bicyclic) bond motifs is 1. The molecule has 0 spiro atoms. The van der Waals surface area contributed by atoms with E-state index in [1.807, 2.05) is 54.3 Å². The number of anilines is 1. The molecule has 4 aromatic rings. The number of nitrogens with zero attached hydrogens (tertiary/aromatic N) is 6.